The zero-order valence-corrected chi connectivity index (χ0v) is 18.3. The lowest BCUT2D eigenvalue weighted by Crippen LogP contribution is -2.22. The van der Waals surface area contributed by atoms with Crippen molar-refractivity contribution in [2.24, 2.45) is 0 Å². The molecule has 0 saturated heterocycles. The lowest BCUT2D eigenvalue weighted by atomic mass is 10.1. The highest BCUT2D eigenvalue weighted by Gasteiger charge is 2.27. The summed E-state index contributed by atoms with van der Waals surface area (Å²) in [5.41, 5.74) is 2.35. The lowest BCUT2D eigenvalue weighted by Gasteiger charge is -2.13. The van der Waals surface area contributed by atoms with Crippen molar-refractivity contribution in [3.05, 3.63) is 64.8 Å². The van der Waals surface area contributed by atoms with Gasteiger partial charge in [0.2, 0.25) is 0 Å². The number of aromatic nitrogens is 1. The van der Waals surface area contributed by atoms with E-state index in [0.29, 0.717) is 11.3 Å². The number of thiophene rings is 1. The van der Waals surface area contributed by atoms with Crippen molar-refractivity contribution >= 4 is 52.4 Å². The van der Waals surface area contributed by atoms with E-state index >= 15 is 0 Å². The molecule has 0 radical (unpaired) electrons. The number of anilines is 1. The van der Waals surface area contributed by atoms with Crippen molar-refractivity contribution in [1.29, 1.82) is 0 Å². The third kappa shape index (κ3) is 4.55. The molecular formula is C21H20N2O3S3. The van der Waals surface area contributed by atoms with Crippen LogP contribution in [0.5, 0.6) is 0 Å². The first-order valence-electron chi connectivity index (χ1n) is 9.12. The molecule has 1 aromatic carbocycles. The fourth-order valence-electron chi connectivity index (χ4n) is 3.18. The number of hydrogen-bond donors (Lipinski definition) is 1. The Balaban J connectivity index is 1.48. The number of amides is 1. The normalized spacial score (nSPS) is 13.0. The van der Waals surface area contributed by atoms with Gasteiger partial charge in [0.1, 0.15) is 5.00 Å². The number of fused-ring (bicyclic) bond motifs is 1. The van der Waals surface area contributed by atoms with Gasteiger partial charge in [-0.15, -0.1) is 23.1 Å². The van der Waals surface area contributed by atoms with E-state index in [-0.39, 0.29) is 12.5 Å². The number of rotatable bonds is 6. The average molecular weight is 445 g/mol. The van der Waals surface area contributed by atoms with Crippen LogP contribution in [-0.4, -0.2) is 35.1 Å². The summed E-state index contributed by atoms with van der Waals surface area (Å²) in [5, 5.41) is 3.65. The third-order valence-electron chi connectivity index (χ3n) is 4.53. The van der Waals surface area contributed by atoms with Crippen LogP contribution in [-0.2, 0) is 21.7 Å². The number of ether oxygens (including phenoxy) is 1. The zero-order valence-electron chi connectivity index (χ0n) is 15.8. The molecule has 150 valence electrons. The van der Waals surface area contributed by atoms with Gasteiger partial charge in [0.05, 0.1) is 5.56 Å². The SMILES string of the molecule is CSc1cccc(NC(=O)COC(=O)c2c(-n3cccc3)sc3c2CCSC3)c1. The highest BCUT2D eigenvalue weighted by Crippen LogP contribution is 2.38. The van der Waals surface area contributed by atoms with Crippen LogP contribution >= 0.6 is 34.9 Å². The van der Waals surface area contributed by atoms with Crippen molar-refractivity contribution in [2.45, 2.75) is 17.1 Å². The van der Waals surface area contributed by atoms with Gasteiger partial charge in [0.25, 0.3) is 5.91 Å². The number of nitrogens with one attached hydrogen (secondary N) is 1. The maximum atomic E-state index is 12.9. The zero-order chi connectivity index (χ0) is 20.2. The van der Waals surface area contributed by atoms with E-state index in [0.717, 1.165) is 33.4 Å². The first-order chi connectivity index (χ1) is 14.2. The highest BCUT2D eigenvalue weighted by molar-refractivity contribution is 7.98. The van der Waals surface area contributed by atoms with Crippen LogP contribution in [0.1, 0.15) is 20.8 Å². The number of carbonyl (C=O) groups is 2. The molecule has 0 spiro atoms. The summed E-state index contributed by atoms with van der Waals surface area (Å²) in [6.45, 7) is -0.313. The van der Waals surface area contributed by atoms with Gasteiger partial charge in [0, 0.05) is 33.6 Å². The van der Waals surface area contributed by atoms with Crippen LogP contribution in [0.25, 0.3) is 5.00 Å². The number of benzene rings is 1. The Morgan fingerprint density at radius 2 is 2.07 bits per heavy atom. The molecule has 1 aliphatic heterocycles. The first-order valence-corrected chi connectivity index (χ1v) is 12.3. The minimum absolute atomic E-state index is 0.313. The van der Waals surface area contributed by atoms with E-state index in [1.54, 1.807) is 23.1 Å². The van der Waals surface area contributed by atoms with Crippen LogP contribution < -0.4 is 5.32 Å². The Kier molecular flexibility index (Phi) is 6.32. The van der Waals surface area contributed by atoms with E-state index in [1.165, 1.54) is 4.88 Å². The summed E-state index contributed by atoms with van der Waals surface area (Å²) in [6.07, 6.45) is 6.67. The molecule has 4 rings (SSSR count). The molecule has 0 bridgehead atoms. The highest BCUT2D eigenvalue weighted by atomic mass is 32.2. The summed E-state index contributed by atoms with van der Waals surface area (Å²) in [6, 6.07) is 11.4. The van der Waals surface area contributed by atoms with Gasteiger partial charge in [0.15, 0.2) is 6.61 Å². The van der Waals surface area contributed by atoms with E-state index in [2.05, 4.69) is 5.32 Å². The van der Waals surface area contributed by atoms with Gasteiger partial charge in [-0.2, -0.15) is 11.8 Å². The molecule has 8 heteroatoms. The molecule has 5 nitrogen and oxygen atoms in total. The second-order valence-corrected chi connectivity index (χ2v) is 9.50. The molecular weight excluding hydrogens is 424 g/mol. The van der Waals surface area contributed by atoms with Crippen molar-refractivity contribution in [3.8, 4) is 5.00 Å². The van der Waals surface area contributed by atoms with Gasteiger partial charge >= 0.3 is 5.97 Å². The Hall–Kier alpha value is -2.16. The molecule has 0 aliphatic carbocycles. The maximum Gasteiger partial charge on any atom is 0.341 e. The minimum atomic E-state index is -0.439. The summed E-state index contributed by atoms with van der Waals surface area (Å²) in [5.74, 6) is 1.11. The quantitative estimate of drug-likeness (QED) is 0.435. The molecule has 3 heterocycles. The monoisotopic (exact) mass is 444 g/mol. The van der Waals surface area contributed by atoms with Crippen LogP contribution in [0, 0.1) is 0 Å². The van der Waals surface area contributed by atoms with Gasteiger partial charge in [-0.3, -0.25) is 4.79 Å². The molecule has 1 N–H and O–H groups in total. The Bertz CT molecular complexity index is 1030. The first kappa shape index (κ1) is 20.1. The largest absolute Gasteiger partial charge is 0.452 e. The van der Waals surface area contributed by atoms with Gasteiger partial charge in [-0.1, -0.05) is 6.07 Å². The van der Waals surface area contributed by atoms with E-state index in [4.69, 9.17) is 4.74 Å². The van der Waals surface area contributed by atoms with Gasteiger partial charge in [-0.05, 0) is 54.3 Å². The van der Waals surface area contributed by atoms with E-state index in [1.807, 2.05) is 71.4 Å². The van der Waals surface area contributed by atoms with Crippen LogP contribution in [0.3, 0.4) is 0 Å². The molecule has 29 heavy (non-hydrogen) atoms. The number of hydrogen-bond acceptors (Lipinski definition) is 6. The summed E-state index contributed by atoms with van der Waals surface area (Å²) in [4.78, 5) is 27.5. The molecule has 1 amide bonds. The van der Waals surface area contributed by atoms with Gasteiger partial charge < -0.3 is 14.6 Å². The van der Waals surface area contributed by atoms with Gasteiger partial charge in [-0.25, -0.2) is 4.79 Å². The fraction of sp³-hybridized carbons (Fsp3) is 0.238. The van der Waals surface area contributed by atoms with Crippen LogP contribution in [0.4, 0.5) is 5.69 Å². The van der Waals surface area contributed by atoms with E-state index < -0.39 is 5.97 Å². The second kappa shape index (κ2) is 9.11. The smallest absolute Gasteiger partial charge is 0.341 e. The van der Waals surface area contributed by atoms with Crippen molar-refractivity contribution in [1.82, 2.24) is 4.57 Å². The lowest BCUT2D eigenvalue weighted by molar-refractivity contribution is -0.119. The number of esters is 1. The minimum Gasteiger partial charge on any atom is -0.452 e. The molecule has 2 aromatic heterocycles. The third-order valence-corrected chi connectivity index (χ3v) is 7.67. The van der Waals surface area contributed by atoms with Crippen molar-refractivity contribution in [2.75, 3.05) is 23.9 Å². The Morgan fingerprint density at radius 3 is 2.86 bits per heavy atom. The molecule has 0 fully saturated rings. The summed E-state index contributed by atoms with van der Waals surface area (Å²) in [7, 11) is 0. The predicted octanol–water partition coefficient (Wildman–Crippen LogP) is 4.85. The molecule has 0 saturated carbocycles. The van der Waals surface area contributed by atoms with E-state index in [9.17, 15) is 9.59 Å². The summed E-state index contributed by atoms with van der Waals surface area (Å²) >= 11 is 5.10. The maximum absolute atomic E-state index is 12.9. The van der Waals surface area contributed by atoms with Crippen LogP contribution in [0.2, 0.25) is 0 Å². The summed E-state index contributed by atoms with van der Waals surface area (Å²) < 4.78 is 7.35. The standard InChI is InChI=1S/C21H20N2O3S3/c1-27-15-6-4-5-14(11-15)22-18(24)12-26-21(25)19-16-7-10-28-13-17(16)29-20(19)23-8-2-3-9-23/h2-6,8-9,11H,7,10,12-13H2,1H3,(H,22,24). The molecule has 3 aromatic rings. The van der Waals surface area contributed by atoms with Crippen LogP contribution in [0.15, 0.2) is 53.7 Å². The number of thioether (sulfide) groups is 2. The predicted molar refractivity (Wildman–Crippen MR) is 121 cm³/mol. The second-order valence-electron chi connectivity index (χ2n) is 6.43. The Morgan fingerprint density at radius 1 is 1.24 bits per heavy atom. The average Bonchev–Trinajstić information content (AvgIpc) is 3.39. The topological polar surface area (TPSA) is 60.3 Å². The number of nitrogens with zero attached hydrogens (tertiary/aromatic N) is 1. The Labute approximate surface area is 181 Å². The van der Waals surface area contributed by atoms with Crippen molar-refractivity contribution in [3.63, 3.8) is 0 Å². The number of carbonyl (C=O) groups excluding carboxylic acids is 2. The molecule has 1 aliphatic rings. The van der Waals surface area contributed by atoms with Crippen molar-refractivity contribution < 1.29 is 14.3 Å². The molecule has 0 atom stereocenters. The molecule has 0 unspecified atom stereocenters. The fourth-order valence-corrected chi connectivity index (χ4v) is 6.08.